The van der Waals surface area contributed by atoms with Crippen molar-refractivity contribution in [3.63, 3.8) is 0 Å². The van der Waals surface area contributed by atoms with Gasteiger partial charge in [-0.25, -0.2) is 8.78 Å². The molecular weight excluding hydrogens is 322 g/mol. The van der Waals surface area contributed by atoms with Gasteiger partial charge < -0.3 is 10.4 Å². The molecule has 8 heteroatoms. The van der Waals surface area contributed by atoms with Crippen molar-refractivity contribution >= 4 is 11.6 Å². The van der Waals surface area contributed by atoms with Gasteiger partial charge in [0.15, 0.2) is 0 Å². The first kappa shape index (κ1) is 17.5. The Morgan fingerprint density at radius 1 is 1.25 bits per heavy atom. The summed E-state index contributed by atoms with van der Waals surface area (Å²) < 4.78 is 27.1. The van der Waals surface area contributed by atoms with Crippen LogP contribution in [0.2, 0.25) is 0 Å². The van der Waals surface area contributed by atoms with Crippen LogP contribution in [0, 0.1) is 28.7 Å². The van der Waals surface area contributed by atoms with Crippen LogP contribution in [0.1, 0.15) is 27.6 Å². The quantitative estimate of drug-likeness (QED) is 0.648. The van der Waals surface area contributed by atoms with Crippen molar-refractivity contribution in [3.8, 4) is 0 Å². The van der Waals surface area contributed by atoms with Gasteiger partial charge in [0, 0.05) is 23.7 Å². The summed E-state index contributed by atoms with van der Waals surface area (Å²) in [6.45, 7) is 0.971. The highest BCUT2D eigenvalue weighted by Crippen LogP contribution is 2.22. The molecule has 0 radical (unpaired) electrons. The van der Waals surface area contributed by atoms with Gasteiger partial charge in [0.25, 0.3) is 11.6 Å². The monoisotopic (exact) mass is 336 g/mol. The van der Waals surface area contributed by atoms with Crippen molar-refractivity contribution in [1.82, 2.24) is 5.32 Å². The summed E-state index contributed by atoms with van der Waals surface area (Å²) in [6.07, 6.45) is -1.59. The number of aliphatic hydroxyl groups is 1. The first-order valence-electron chi connectivity index (χ1n) is 6.97. The Morgan fingerprint density at radius 2 is 1.83 bits per heavy atom. The molecule has 2 rings (SSSR count). The predicted octanol–water partition coefficient (Wildman–Crippen LogP) is 2.64. The van der Waals surface area contributed by atoms with E-state index >= 15 is 0 Å². The van der Waals surface area contributed by atoms with Gasteiger partial charge in [-0.15, -0.1) is 0 Å². The van der Waals surface area contributed by atoms with Gasteiger partial charge in [0.1, 0.15) is 17.7 Å². The lowest BCUT2D eigenvalue weighted by atomic mass is 10.1. The van der Waals surface area contributed by atoms with E-state index in [0.29, 0.717) is 0 Å². The van der Waals surface area contributed by atoms with E-state index in [4.69, 9.17) is 0 Å². The molecule has 2 aromatic rings. The SMILES string of the molecule is Cc1c(C(=O)NCC(O)c2c(F)cccc2F)cccc1[N+](=O)[O-]. The summed E-state index contributed by atoms with van der Waals surface area (Å²) in [5, 5.41) is 23.1. The lowest BCUT2D eigenvalue weighted by molar-refractivity contribution is -0.385. The summed E-state index contributed by atoms with van der Waals surface area (Å²) in [7, 11) is 0. The second-order valence-electron chi connectivity index (χ2n) is 5.07. The fourth-order valence-corrected chi connectivity index (χ4v) is 2.28. The number of benzene rings is 2. The highest BCUT2D eigenvalue weighted by atomic mass is 19.1. The van der Waals surface area contributed by atoms with Crippen molar-refractivity contribution in [2.24, 2.45) is 0 Å². The molecule has 0 aromatic heterocycles. The van der Waals surface area contributed by atoms with Crippen molar-refractivity contribution in [1.29, 1.82) is 0 Å². The molecule has 2 aromatic carbocycles. The van der Waals surface area contributed by atoms with Crippen molar-refractivity contribution in [3.05, 3.63) is 74.8 Å². The molecule has 24 heavy (non-hydrogen) atoms. The Morgan fingerprint density at radius 3 is 2.42 bits per heavy atom. The van der Waals surface area contributed by atoms with E-state index in [-0.39, 0.29) is 16.8 Å². The number of nitro benzene ring substituents is 1. The van der Waals surface area contributed by atoms with Crippen LogP contribution < -0.4 is 5.32 Å². The third-order valence-corrected chi connectivity index (χ3v) is 3.54. The highest BCUT2D eigenvalue weighted by molar-refractivity contribution is 5.96. The molecule has 126 valence electrons. The third-order valence-electron chi connectivity index (χ3n) is 3.54. The number of nitro groups is 1. The number of aliphatic hydroxyl groups excluding tert-OH is 1. The van der Waals surface area contributed by atoms with Crippen LogP contribution in [0.25, 0.3) is 0 Å². The van der Waals surface area contributed by atoms with Gasteiger partial charge in [0.05, 0.1) is 10.5 Å². The Bertz CT molecular complexity index is 775. The van der Waals surface area contributed by atoms with Crippen molar-refractivity contribution in [2.45, 2.75) is 13.0 Å². The van der Waals surface area contributed by atoms with E-state index in [1.807, 2.05) is 0 Å². The lowest BCUT2D eigenvalue weighted by Crippen LogP contribution is -2.29. The molecule has 1 amide bonds. The van der Waals surface area contributed by atoms with Crippen molar-refractivity contribution < 1.29 is 23.6 Å². The zero-order valence-electron chi connectivity index (χ0n) is 12.6. The second kappa shape index (κ2) is 7.14. The van der Waals surface area contributed by atoms with E-state index in [2.05, 4.69) is 5.32 Å². The number of rotatable bonds is 5. The molecule has 6 nitrogen and oxygen atoms in total. The Kier molecular flexibility index (Phi) is 5.20. The molecule has 0 aliphatic rings. The number of halogens is 2. The normalized spacial score (nSPS) is 11.8. The summed E-state index contributed by atoms with van der Waals surface area (Å²) in [4.78, 5) is 22.4. The zero-order valence-corrected chi connectivity index (χ0v) is 12.6. The van der Waals surface area contributed by atoms with Gasteiger partial charge in [-0.1, -0.05) is 12.1 Å². The van der Waals surface area contributed by atoms with Crippen LogP contribution in [0.5, 0.6) is 0 Å². The number of amides is 1. The van der Waals surface area contributed by atoms with Crippen molar-refractivity contribution in [2.75, 3.05) is 6.54 Å². The lowest BCUT2D eigenvalue weighted by Gasteiger charge is -2.14. The van der Waals surface area contributed by atoms with E-state index in [1.54, 1.807) is 0 Å². The minimum absolute atomic E-state index is 0.0467. The smallest absolute Gasteiger partial charge is 0.273 e. The summed E-state index contributed by atoms with van der Waals surface area (Å²) in [5.74, 6) is -2.54. The van der Waals surface area contributed by atoms with Gasteiger partial charge >= 0.3 is 0 Å². The molecule has 1 atom stereocenters. The highest BCUT2D eigenvalue weighted by Gasteiger charge is 2.21. The Hall–Kier alpha value is -2.87. The van der Waals surface area contributed by atoms with Crippen LogP contribution in [0.3, 0.4) is 0 Å². The number of carbonyl (C=O) groups is 1. The standard InChI is InChI=1S/C16H14F2N2O4/c1-9-10(4-2-7-13(9)20(23)24)16(22)19-8-14(21)15-11(17)5-3-6-12(15)18/h2-7,14,21H,8H2,1H3,(H,19,22). The van der Waals surface area contributed by atoms with Crippen LogP contribution in [0.4, 0.5) is 14.5 Å². The molecule has 0 heterocycles. The molecule has 2 N–H and O–H groups in total. The fraction of sp³-hybridized carbons (Fsp3) is 0.188. The number of hydrogen-bond acceptors (Lipinski definition) is 4. The molecule has 0 aliphatic heterocycles. The molecule has 0 aliphatic carbocycles. The summed E-state index contributed by atoms with van der Waals surface area (Å²) in [5.41, 5.74) is -0.561. The van der Waals surface area contributed by atoms with Gasteiger partial charge in [-0.05, 0) is 25.1 Å². The predicted molar refractivity (Wildman–Crippen MR) is 81.5 cm³/mol. The zero-order chi connectivity index (χ0) is 17.9. The van der Waals surface area contributed by atoms with Gasteiger partial charge in [-0.2, -0.15) is 0 Å². The van der Waals surface area contributed by atoms with Gasteiger partial charge in [0.2, 0.25) is 0 Å². The number of hydrogen-bond donors (Lipinski definition) is 2. The maximum absolute atomic E-state index is 13.6. The van der Waals surface area contributed by atoms with Crippen LogP contribution in [-0.4, -0.2) is 22.5 Å². The third kappa shape index (κ3) is 3.54. The average molecular weight is 336 g/mol. The summed E-state index contributed by atoms with van der Waals surface area (Å²) in [6, 6.07) is 7.14. The number of carbonyl (C=O) groups excluding carboxylic acids is 1. The largest absolute Gasteiger partial charge is 0.386 e. The Labute approximate surface area is 135 Å². The first-order valence-corrected chi connectivity index (χ1v) is 6.97. The van der Waals surface area contributed by atoms with E-state index < -0.39 is 40.7 Å². The van der Waals surface area contributed by atoms with E-state index in [1.165, 1.54) is 25.1 Å². The van der Waals surface area contributed by atoms with E-state index in [9.17, 15) is 28.8 Å². The molecule has 1 unspecified atom stereocenters. The van der Waals surface area contributed by atoms with Crippen LogP contribution >= 0.6 is 0 Å². The maximum Gasteiger partial charge on any atom is 0.273 e. The fourth-order valence-electron chi connectivity index (χ4n) is 2.28. The number of nitrogens with one attached hydrogen (secondary N) is 1. The summed E-state index contributed by atoms with van der Waals surface area (Å²) >= 11 is 0. The van der Waals surface area contributed by atoms with Gasteiger partial charge in [-0.3, -0.25) is 14.9 Å². The van der Waals surface area contributed by atoms with Crippen LogP contribution in [0.15, 0.2) is 36.4 Å². The average Bonchev–Trinajstić information content (AvgIpc) is 2.52. The minimum atomic E-state index is -1.59. The maximum atomic E-state index is 13.6. The number of nitrogens with zero attached hydrogens (tertiary/aromatic N) is 1. The first-order chi connectivity index (χ1) is 11.3. The minimum Gasteiger partial charge on any atom is -0.386 e. The topological polar surface area (TPSA) is 92.5 Å². The molecule has 0 saturated carbocycles. The van der Waals surface area contributed by atoms with E-state index in [0.717, 1.165) is 18.2 Å². The Balaban J connectivity index is 2.14. The molecule has 0 fully saturated rings. The molecule has 0 spiro atoms. The molecule has 0 saturated heterocycles. The molecular formula is C16H14F2N2O4. The molecule has 0 bridgehead atoms. The van der Waals surface area contributed by atoms with Crippen LogP contribution in [-0.2, 0) is 0 Å². The second-order valence-corrected chi connectivity index (χ2v) is 5.07.